The predicted molar refractivity (Wildman–Crippen MR) is 132 cm³/mol. The molecule has 0 saturated heterocycles. The molecule has 0 aromatic carbocycles. The number of nitrogens with zero attached hydrogens (tertiary/aromatic N) is 5. The second-order valence-corrected chi connectivity index (χ2v) is 9.41. The monoisotopic (exact) mass is 456 g/mol. The van der Waals surface area contributed by atoms with Gasteiger partial charge in [-0.15, -0.1) is 5.10 Å². The van der Waals surface area contributed by atoms with Gasteiger partial charge < -0.3 is 10.1 Å². The van der Waals surface area contributed by atoms with Crippen LogP contribution in [0.15, 0.2) is 55.0 Å². The highest BCUT2D eigenvalue weighted by Gasteiger charge is 2.17. The average molecular weight is 457 g/mol. The van der Waals surface area contributed by atoms with Crippen molar-refractivity contribution in [1.82, 2.24) is 25.1 Å². The van der Waals surface area contributed by atoms with Crippen molar-refractivity contribution in [3.63, 3.8) is 0 Å². The van der Waals surface area contributed by atoms with E-state index < -0.39 is 5.60 Å². The first kappa shape index (κ1) is 23.2. The molecule has 34 heavy (non-hydrogen) atoms. The smallest absolute Gasteiger partial charge is 0.312 e. The maximum Gasteiger partial charge on any atom is 0.312 e. The molecule has 1 N–H and O–H groups in total. The predicted octanol–water partition coefficient (Wildman–Crippen LogP) is 5.23. The lowest BCUT2D eigenvalue weighted by molar-refractivity contribution is -0.153. The maximum absolute atomic E-state index is 12.2. The van der Waals surface area contributed by atoms with Crippen LogP contribution in [0.2, 0.25) is 0 Å². The summed E-state index contributed by atoms with van der Waals surface area (Å²) in [7, 11) is 0. The van der Waals surface area contributed by atoms with Gasteiger partial charge in [-0.3, -0.25) is 14.8 Å². The van der Waals surface area contributed by atoms with Crippen molar-refractivity contribution in [3.05, 3.63) is 66.2 Å². The van der Waals surface area contributed by atoms with Gasteiger partial charge in [-0.05, 0) is 74.2 Å². The number of anilines is 2. The molecular formula is C26H28N6O2. The Bertz CT molecular complexity index is 1330. The minimum atomic E-state index is -0.532. The SMILES string of the molecule is CC(C)c1cnnc(Nc2ccc3ncc(-c4ccnc(CC(=O)OC(C)(C)C)c4)cc3n2)c1. The van der Waals surface area contributed by atoms with Crippen molar-refractivity contribution in [2.45, 2.75) is 52.6 Å². The summed E-state index contributed by atoms with van der Waals surface area (Å²) in [6.07, 6.45) is 5.35. The van der Waals surface area contributed by atoms with Crippen molar-refractivity contribution in [3.8, 4) is 11.1 Å². The Morgan fingerprint density at radius 2 is 1.79 bits per heavy atom. The summed E-state index contributed by atoms with van der Waals surface area (Å²) in [6, 6.07) is 11.5. The number of carbonyl (C=O) groups excluding carboxylic acids is 1. The molecule has 4 rings (SSSR count). The first-order valence-corrected chi connectivity index (χ1v) is 11.2. The standard InChI is InChI=1S/C26H28N6O2/c1-16(2)18-12-24(32-29-15-18)31-23-7-6-21-22(30-23)11-19(14-28-21)17-8-9-27-20(10-17)13-25(33)34-26(3,4)5/h6-12,14-16H,13H2,1-5H3,(H,30,31,32). The Hall–Kier alpha value is -3.94. The molecule has 0 unspecified atom stereocenters. The number of fused-ring (bicyclic) bond motifs is 1. The fourth-order valence-corrected chi connectivity index (χ4v) is 3.40. The number of hydrogen-bond donors (Lipinski definition) is 1. The van der Waals surface area contributed by atoms with Crippen LogP contribution in [-0.4, -0.2) is 36.7 Å². The number of nitrogens with one attached hydrogen (secondary N) is 1. The molecule has 0 spiro atoms. The van der Waals surface area contributed by atoms with Gasteiger partial charge in [0.25, 0.3) is 0 Å². The minimum absolute atomic E-state index is 0.106. The zero-order valence-corrected chi connectivity index (χ0v) is 20.0. The highest BCUT2D eigenvalue weighted by Crippen LogP contribution is 2.25. The Kier molecular flexibility index (Phi) is 6.49. The van der Waals surface area contributed by atoms with Crippen molar-refractivity contribution < 1.29 is 9.53 Å². The molecule has 8 heteroatoms. The van der Waals surface area contributed by atoms with E-state index in [0.29, 0.717) is 23.2 Å². The number of ether oxygens (including phenoxy) is 1. The van der Waals surface area contributed by atoms with E-state index in [9.17, 15) is 4.79 Å². The molecule has 0 aliphatic heterocycles. The molecule has 0 amide bonds. The van der Waals surface area contributed by atoms with Gasteiger partial charge in [0.1, 0.15) is 11.4 Å². The highest BCUT2D eigenvalue weighted by molar-refractivity contribution is 5.82. The van der Waals surface area contributed by atoms with Crippen LogP contribution in [0.3, 0.4) is 0 Å². The number of esters is 1. The summed E-state index contributed by atoms with van der Waals surface area (Å²) in [5.41, 5.74) is 4.50. The molecule has 0 atom stereocenters. The van der Waals surface area contributed by atoms with E-state index in [1.54, 1.807) is 18.6 Å². The number of rotatable bonds is 6. The molecule has 0 aliphatic rings. The second kappa shape index (κ2) is 9.51. The van der Waals surface area contributed by atoms with Gasteiger partial charge >= 0.3 is 5.97 Å². The van der Waals surface area contributed by atoms with E-state index in [1.165, 1.54) is 0 Å². The molecule has 0 radical (unpaired) electrons. The molecule has 0 bridgehead atoms. The Balaban J connectivity index is 1.57. The van der Waals surface area contributed by atoms with Gasteiger partial charge in [-0.25, -0.2) is 4.98 Å². The summed E-state index contributed by atoms with van der Waals surface area (Å²) >= 11 is 0. The Morgan fingerprint density at radius 3 is 2.56 bits per heavy atom. The van der Waals surface area contributed by atoms with Gasteiger partial charge in [0.05, 0.1) is 29.3 Å². The van der Waals surface area contributed by atoms with Gasteiger partial charge in [0, 0.05) is 18.0 Å². The van der Waals surface area contributed by atoms with Crippen molar-refractivity contribution in [1.29, 1.82) is 0 Å². The Morgan fingerprint density at radius 1 is 0.971 bits per heavy atom. The second-order valence-electron chi connectivity index (χ2n) is 9.41. The van der Waals surface area contributed by atoms with Gasteiger partial charge in [0.15, 0.2) is 5.82 Å². The van der Waals surface area contributed by atoms with Crippen LogP contribution in [0.25, 0.3) is 22.2 Å². The van der Waals surface area contributed by atoms with Crippen LogP contribution in [0, 0.1) is 0 Å². The van der Waals surface area contributed by atoms with E-state index in [2.05, 4.69) is 39.3 Å². The van der Waals surface area contributed by atoms with E-state index >= 15 is 0 Å². The maximum atomic E-state index is 12.2. The molecule has 4 heterocycles. The van der Waals surface area contributed by atoms with Crippen LogP contribution in [0.5, 0.6) is 0 Å². The summed E-state index contributed by atoms with van der Waals surface area (Å²) in [4.78, 5) is 25.8. The summed E-state index contributed by atoms with van der Waals surface area (Å²) < 4.78 is 5.41. The number of hydrogen-bond acceptors (Lipinski definition) is 8. The quantitative estimate of drug-likeness (QED) is 0.393. The van der Waals surface area contributed by atoms with Crippen LogP contribution in [-0.2, 0) is 16.0 Å². The molecule has 174 valence electrons. The third kappa shape index (κ3) is 5.89. The molecule has 8 nitrogen and oxygen atoms in total. The van der Waals surface area contributed by atoms with E-state index in [4.69, 9.17) is 9.72 Å². The fraction of sp³-hybridized carbons (Fsp3) is 0.308. The van der Waals surface area contributed by atoms with Crippen molar-refractivity contribution in [2.24, 2.45) is 0 Å². The lowest BCUT2D eigenvalue weighted by Crippen LogP contribution is -2.25. The van der Waals surface area contributed by atoms with Crippen LogP contribution >= 0.6 is 0 Å². The van der Waals surface area contributed by atoms with Crippen LogP contribution in [0.4, 0.5) is 11.6 Å². The van der Waals surface area contributed by atoms with Crippen LogP contribution < -0.4 is 5.32 Å². The topological polar surface area (TPSA) is 103 Å². The molecule has 0 fully saturated rings. The molecule has 0 saturated carbocycles. The summed E-state index contributed by atoms with van der Waals surface area (Å²) in [6.45, 7) is 9.76. The van der Waals surface area contributed by atoms with E-state index in [-0.39, 0.29) is 12.4 Å². The largest absolute Gasteiger partial charge is 0.460 e. The first-order valence-electron chi connectivity index (χ1n) is 11.2. The first-order chi connectivity index (χ1) is 16.2. The molecule has 0 aliphatic carbocycles. The van der Waals surface area contributed by atoms with E-state index in [1.807, 2.05) is 57.2 Å². The number of pyridine rings is 3. The van der Waals surface area contributed by atoms with E-state index in [0.717, 1.165) is 27.7 Å². The summed E-state index contributed by atoms with van der Waals surface area (Å²) in [5.74, 6) is 1.34. The normalized spacial score (nSPS) is 11.6. The molecule has 4 aromatic heterocycles. The fourth-order valence-electron chi connectivity index (χ4n) is 3.40. The highest BCUT2D eigenvalue weighted by atomic mass is 16.6. The van der Waals surface area contributed by atoms with Crippen LogP contribution in [0.1, 0.15) is 51.8 Å². The summed E-state index contributed by atoms with van der Waals surface area (Å²) in [5, 5.41) is 11.5. The zero-order chi connectivity index (χ0) is 24.3. The third-order valence-electron chi connectivity index (χ3n) is 5.03. The Labute approximate surface area is 198 Å². The third-order valence-corrected chi connectivity index (χ3v) is 5.03. The van der Waals surface area contributed by atoms with Gasteiger partial charge in [-0.1, -0.05) is 13.8 Å². The number of carbonyl (C=O) groups is 1. The van der Waals surface area contributed by atoms with Crippen molar-refractivity contribution >= 4 is 28.6 Å². The average Bonchev–Trinajstić information content (AvgIpc) is 2.77. The lowest BCUT2D eigenvalue weighted by Gasteiger charge is -2.19. The molecule has 4 aromatic rings. The zero-order valence-electron chi connectivity index (χ0n) is 20.0. The number of aromatic nitrogens is 5. The van der Waals surface area contributed by atoms with Gasteiger partial charge in [-0.2, -0.15) is 5.10 Å². The van der Waals surface area contributed by atoms with Crippen molar-refractivity contribution in [2.75, 3.05) is 5.32 Å². The molecular weight excluding hydrogens is 428 g/mol. The lowest BCUT2D eigenvalue weighted by atomic mass is 10.1. The minimum Gasteiger partial charge on any atom is -0.460 e. The van der Waals surface area contributed by atoms with Gasteiger partial charge in [0.2, 0.25) is 0 Å².